The first kappa shape index (κ1) is 21.3. The summed E-state index contributed by atoms with van der Waals surface area (Å²) in [5.41, 5.74) is 1.31. The Balaban J connectivity index is 0.00000288. The van der Waals surface area contributed by atoms with Gasteiger partial charge in [0.15, 0.2) is 0 Å². The first-order valence-corrected chi connectivity index (χ1v) is 9.13. The van der Waals surface area contributed by atoms with Crippen LogP contribution in [0.2, 0.25) is 0 Å². The molecule has 0 aliphatic carbocycles. The summed E-state index contributed by atoms with van der Waals surface area (Å²) in [5.74, 6) is 0.101. The minimum atomic E-state index is -0.0981. The van der Waals surface area contributed by atoms with Gasteiger partial charge in [-0.3, -0.25) is 4.79 Å². The molecule has 0 bridgehead atoms. The van der Waals surface area contributed by atoms with Gasteiger partial charge in [-0.25, -0.2) is 0 Å². The summed E-state index contributed by atoms with van der Waals surface area (Å²) in [5, 5.41) is 6.42. The zero-order valence-corrected chi connectivity index (χ0v) is 16.4. The van der Waals surface area contributed by atoms with E-state index in [4.69, 9.17) is 4.74 Å². The lowest BCUT2D eigenvalue weighted by atomic mass is 9.79. The van der Waals surface area contributed by atoms with Crippen LogP contribution in [0.1, 0.15) is 25.3 Å². The standard InChI is InChI=1S/C18H28N2O2S.ClH/c1-14-4-6-16(7-5-14)23-15(2)17(21)20-12-18(13-22-3)8-10-19-11-9-18;/h4-7,15,19H,8-13H2,1-3H3,(H,20,21);1H. The van der Waals surface area contributed by atoms with Crippen LogP contribution in [0.3, 0.4) is 0 Å². The van der Waals surface area contributed by atoms with Crippen molar-refractivity contribution in [3.05, 3.63) is 29.8 Å². The normalized spacial score (nSPS) is 17.6. The van der Waals surface area contributed by atoms with E-state index < -0.39 is 0 Å². The highest BCUT2D eigenvalue weighted by molar-refractivity contribution is 8.00. The zero-order valence-electron chi connectivity index (χ0n) is 14.8. The van der Waals surface area contributed by atoms with Crippen molar-refractivity contribution in [1.82, 2.24) is 10.6 Å². The number of aryl methyl sites for hydroxylation is 1. The Morgan fingerprint density at radius 2 is 1.96 bits per heavy atom. The summed E-state index contributed by atoms with van der Waals surface area (Å²) in [4.78, 5) is 13.5. The van der Waals surface area contributed by atoms with Gasteiger partial charge >= 0.3 is 0 Å². The van der Waals surface area contributed by atoms with Crippen molar-refractivity contribution in [3.8, 4) is 0 Å². The van der Waals surface area contributed by atoms with Gasteiger partial charge in [0.1, 0.15) is 0 Å². The maximum atomic E-state index is 12.4. The van der Waals surface area contributed by atoms with E-state index in [2.05, 4.69) is 41.8 Å². The number of rotatable bonds is 7. The number of hydrogen-bond acceptors (Lipinski definition) is 4. The summed E-state index contributed by atoms with van der Waals surface area (Å²) in [6.07, 6.45) is 2.08. The van der Waals surface area contributed by atoms with E-state index in [0.717, 1.165) is 30.8 Å². The Morgan fingerprint density at radius 1 is 1.33 bits per heavy atom. The third-order valence-electron chi connectivity index (χ3n) is 4.46. The fourth-order valence-electron chi connectivity index (χ4n) is 2.93. The van der Waals surface area contributed by atoms with Crippen molar-refractivity contribution in [1.29, 1.82) is 0 Å². The molecule has 2 rings (SSSR count). The highest BCUT2D eigenvalue weighted by Gasteiger charge is 2.33. The summed E-state index contributed by atoms with van der Waals surface area (Å²) in [6, 6.07) is 8.30. The van der Waals surface area contributed by atoms with Gasteiger partial charge in [0.25, 0.3) is 0 Å². The van der Waals surface area contributed by atoms with Crippen molar-refractivity contribution in [2.75, 3.05) is 33.4 Å². The van der Waals surface area contributed by atoms with Crippen molar-refractivity contribution < 1.29 is 9.53 Å². The molecule has 136 valence electrons. The molecule has 0 radical (unpaired) electrons. The largest absolute Gasteiger partial charge is 0.384 e. The number of carbonyl (C=O) groups is 1. The van der Waals surface area contributed by atoms with Crippen molar-refractivity contribution in [2.24, 2.45) is 5.41 Å². The lowest BCUT2D eigenvalue weighted by Gasteiger charge is -2.37. The highest BCUT2D eigenvalue weighted by atomic mass is 35.5. The monoisotopic (exact) mass is 372 g/mol. The molecule has 1 fully saturated rings. The first-order chi connectivity index (χ1) is 11.0. The number of benzene rings is 1. The molecule has 1 aliphatic heterocycles. The van der Waals surface area contributed by atoms with Crippen LogP contribution in [0.25, 0.3) is 0 Å². The average molecular weight is 373 g/mol. The first-order valence-electron chi connectivity index (χ1n) is 8.25. The van der Waals surface area contributed by atoms with E-state index in [1.54, 1.807) is 18.9 Å². The van der Waals surface area contributed by atoms with Crippen molar-refractivity contribution >= 4 is 30.1 Å². The fourth-order valence-corrected chi connectivity index (χ4v) is 3.82. The van der Waals surface area contributed by atoms with Gasteiger partial charge in [-0.05, 0) is 51.9 Å². The molecule has 1 atom stereocenters. The van der Waals surface area contributed by atoms with Gasteiger partial charge in [0, 0.05) is 24.0 Å². The Hall–Kier alpha value is -0.750. The molecular weight excluding hydrogens is 344 g/mol. The number of nitrogens with one attached hydrogen (secondary N) is 2. The summed E-state index contributed by atoms with van der Waals surface area (Å²) < 4.78 is 5.40. The van der Waals surface area contributed by atoms with Crippen molar-refractivity contribution in [2.45, 2.75) is 36.8 Å². The molecular formula is C18H29ClN2O2S. The van der Waals surface area contributed by atoms with Crippen LogP contribution >= 0.6 is 24.2 Å². The molecule has 1 aromatic carbocycles. The quantitative estimate of drug-likeness (QED) is 0.722. The third kappa shape index (κ3) is 6.28. The number of amides is 1. The minimum Gasteiger partial charge on any atom is -0.384 e. The van der Waals surface area contributed by atoms with E-state index >= 15 is 0 Å². The number of methoxy groups -OCH3 is 1. The molecule has 6 heteroatoms. The number of halogens is 1. The van der Waals surface area contributed by atoms with E-state index in [1.165, 1.54) is 5.56 Å². The van der Waals surface area contributed by atoms with Gasteiger partial charge < -0.3 is 15.4 Å². The molecule has 0 spiro atoms. The van der Waals surface area contributed by atoms with Crippen LogP contribution in [-0.2, 0) is 9.53 Å². The second-order valence-corrected chi connectivity index (χ2v) is 7.89. The maximum absolute atomic E-state index is 12.4. The number of ether oxygens (including phenoxy) is 1. The molecule has 0 saturated carbocycles. The van der Waals surface area contributed by atoms with Gasteiger partial charge in [0.2, 0.25) is 5.91 Å². The van der Waals surface area contributed by atoms with Gasteiger partial charge in [0.05, 0.1) is 11.9 Å². The Labute approximate surface area is 155 Å². The Morgan fingerprint density at radius 3 is 2.54 bits per heavy atom. The predicted molar refractivity (Wildman–Crippen MR) is 103 cm³/mol. The molecule has 1 saturated heterocycles. The third-order valence-corrected chi connectivity index (χ3v) is 5.57. The summed E-state index contributed by atoms with van der Waals surface area (Å²) in [7, 11) is 1.74. The lowest BCUT2D eigenvalue weighted by Crippen LogP contribution is -2.48. The number of carbonyl (C=O) groups excluding carboxylic acids is 1. The SMILES string of the molecule is COCC1(CNC(=O)C(C)Sc2ccc(C)cc2)CCNCC1.Cl. The van der Waals surface area contributed by atoms with Gasteiger partial charge in [-0.2, -0.15) is 0 Å². The zero-order chi connectivity index (χ0) is 16.7. The molecule has 1 heterocycles. The van der Waals surface area contributed by atoms with Crippen molar-refractivity contribution in [3.63, 3.8) is 0 Å². The molecule has 1 aliphatic rings. The van der Waals surface area contributed by atoms with Crippen LogP contribution < -0.4 is 10.6 Å². The highest BCUT2D eigenvalue weighted by Crippen LogP contribution is 2.29. The van der Waals surface area contributed by atoms with Gasteiger partial charge in [-0.1, -0.05) is 17.7 Å². The van der Waals surface area contributed by atoms with Crippen LogP contribution in [0, 0.1) is 12.3 Å². The molecule has 1 unspecified atom stereocenters. The maximum Gasteiger partial charge on any atom is 0.233 e. The number of piperidine rings is 1. The smallest absolute Gasteiger partial charge is 0.233 e. The second kappa shape index (κ2) is 10.3. The fraction of sp³-hybridized carbons (Fsp3) is 0.611. The molecule has 4 nitrogen and oxygen atoms in total. The Kier molecular flexibility index (Phi) is 9.13. The summed E-state index contributed by atoms with van der Waals surface area (Å²) in [6.45, 7) is 7.42. The van der Waals surface area contributed by atoms with Crippen LogP contribution in [-0.4, -0.2) is 44.5 Å². The van der Waals surface area contributed by atoms with Crippen LogP contribution in [0.5, 0.6) is 0 Å². The lowest BCUT2D eigenvalue weighted by molar-refractivity contribution is -0.121. The molecule has 0 aromatic heterocycles. The molecule has 1 aromatic rings. The van der Waals surface area contributed by atoms with E-state index in [-0.39, 0.29) is 29.0 Å². The molecule has 24 heavy (non-hydrogen) atoms. The van der Waals surface area contributed by atoms with E-state index in [1.807, 2.05) is 6.92 Å². The number of hydrogen-bond donors (Lipinski definition) is 2. The minimum absolute atomic E-state index is 0. The second-order valence-electron chi connectivity index (χ2n) is 6.47. The molecule has 1 amide bonds. The van der Waals surface area contributed by atoms with Crippen LogP contribution in [0.15, 0.2) is 29.2 Å². The topological polar surface area (TPSA) is 50.4 Å². The molecule has 2 N–H and O–H groups in total. The van der Waals surface area contributed by atoms with E-state index in [0.29, 0.717) is 13.2 Å². The number of thioether (sulfide) groups is 1. The van der Waals surface area contributed by atoms with Crippen LogP contribution in [0.4, 0.5) is 0 Å². The van der Waals surface area contributed by atoms with E-state index in [9.17, 15) is 4.79 Å². The Bertz CT molecular complexity index is 499. The summed E-state index contributed by atoms with van der Waals surface area (Å²) >= 11 is 1.60. The predicted octanol–water partition coefficient (Wildman–Crippen LogP) is 3.03. The van der Waals surface area contributed by atoms with Gasteiger partial charge in [-0.15, -0.1) is 24.2 Å². The average Bonchev–Trinajstić information content (AvgIpc) is 2.56.